The van der Waals surface area contributed by atoms with E-state index >= 15 is 0 Å². The van der Waals surface area contributed by atoms with Gasteiger partial charge in [0.25, 0.3) is 0 Å². The van der Waals surface area contributed by atoms with Crippen molar-refractivity contribution in [1.82, 2.24) is 15.0 Å². The van der Waals surface area contributed by atoms with Crippen molar-refractivity contribution in [1.29, 1.82) is 0 Å². The van der Waals surface area contributed by atoms with E-state index in [1.807, 2.05) is 36.4 Å². The van der Waals surface area contributed by atoms with Crippen LogP contribution in [0, 0.1) is 0 Å². The third kappa shape index (κ3) is 3.08. The van der Waals surface area contributed by atoms with Crippen LogP contribution in [0.4, 0.5) is 5.82 Å². The van der Waals surface area contributed by atoms with Gasteiger partial charge in [0.1, 0.15) is 5.82 Å². The average Bonchev–Trinajstić information content (AvgIpc) is 2.64. The van der Waals surface area contributed by atoms with Crippen LogP contribution in [0.2, 0.25) is 0 Å². The molecule has 1 aliphatic carbocycles. The zero-order chi connectivity index (χ0) is 16.4. The quantitative estimate of drug-likeness (QED) is 0.774. The normalized spacial score (nSPS) is 20.9. The molecular formula is C19H20N4O. The van der Waals surface area contributed by atoms with E-state index < -0.39 is 0 Å². The molecule has 2 aromatic heterocycles. The lowest BCUT2D eigenvalue weighted by Gasteiger charge is -2.27. The lowest BCUT2D eigenvalue weighted by atomic mass is 9.93. The van der Waals surface area contributed by atoms with Gasteiger partial charge in [-0.05, 0) is 49.9 Å². The van der Waals surface area contributed by atoms with Crippen molar-refractivity contribution in [2.75, 3.05) is 5.32 Å². The minimum atomic E-state index is -0.156. The second-order valence-corrected chi connectivity index (χ2v) is 6.30. The Bertz CT molecular complexity index is 829. The lowest BCUT2D eigenvalue weighted by molar-refractivity contribution is 0.126. The van der Waals surface area contributed by atoms with Gasteiger partial charge in [-0.3, -0.25) is 4.98 Å². The molecule has 0 saturated heterocycles. The van der Waals surface area contributed by atoms with Crippen molar-refractivity contribution in [2.24, 2.45) is 0 Å². The van der Waals surface area contributed by atoms with E-state index in [0.29, 0.717) is 11.9 Å². The first kappa shape index (κ1) is 15.0. The van der Waals surface area contributed by atoms with Crippen LogP contribution in [0.1, 0.15) is 25.7 Å². The topological polar surface area (TPSA) is 70.9 Å². The highest BCUT2D eigenvalue weighted by Crippen LogP contribution is 2.28. The van der Waals surface area contributed by atoms with Gasteiger partial charge in [0, 0.05) is 29.4 Å². The van der Waals surface area contributed by atoms with Crippen molar-refractivity contribution in [3.05, 3.63) is 48.8 Å². The molecule has 0 unspecified atom stereocenters. The fourth-order valence-corrected chi connectivity index (χ4v) is 3.22. The van der Waals surface area contributed by atoms with Crippen LogP contribution < -0.4 is 5.32 Å². The molecule has 0 radical (unpaired) electrons. The smallest absolute Gasteiger partial charge is 0.163 e. The number of para-hydroxylation sites is 1. The van der Waals surface area contributed by atoms with E-state index in [1.54, 1.807) is 12.4 Å². The first-order valence-electron chi connectivity index (χ1n) is 8.41. The summed E-state index contributed by atoms with van der Waals surface area (Å²) in [7, 11) is 0. The van der Waals surface area contributed by atoms with E-state index in [0.717, 1.165) is 48.0 Å². The van der Waals surface area contributed by atoms with Gasteiger partial charge in [-0.1, -0.05) is 12.1 Å². The number of anilines is 1. The molecule has 1 aromatic carbocycles. The van der Waals surface area contributed by atoms with Crippen molar-refractivity contribution < 1.29 is 5.11 Å². The SMILES string of the molecule is O[C@H]1CC[C@H](Nc2nc(-c3cccnc3)nc3ccccc23)CC1. The number of hydrogen-bond donors (Lipinski definition) is 2. The molecule has 5 heteroatoms. The van der Waals surface area contributed by atoms with Crippen LogP contribution in [0.25, 0.3) is 22.3 Å². The third-order valence-electron chi connectivity index (χ3n) is 4.56. The molecule has 1 saturated carbocycles. The molecule has 0 spiro atoms. The second-order valence-electron chi connectivity index (χ2n) is 6.30. The average molecular weight is 320 g/mol. The Balaban J connectivity index is 1.72. The highest BCUT2D eigenvalue weighted by atomic mass is 16.3. The molecule has 0 aliphatic heterocycles. The summed E-state index contributed by atoms with van der Waals surface area (Å²) >= 11 is 0. The number of aromatic nitrogens is 3. The number of hydrogen-bond acceptors (Lipinski definition) is 5. The van der Waals surface area contributed by atoms with E-state index in [-0.39, 0.29) is 6.10 Å². The molecule has 3 aromatic rings. The highest BCUT2D eigenvalue weighted by Gasteiger charge is 2.20. The molecule has 1 fully saturated rings. The monoisotopic (exact) mass is 320 g/mol. The Morgan fingerprint density at radius 3 is 2.58 bits per heavy atom. The first-order chi connectivity index (χ1) is 11.8. The number of fused-ring (bicyclic) bond motifs is 1. The van der Waals surface area contributed by atoms with Crippen molar-refractivity contribution >= 4 is 16.7 Å². The van der Waals surface area contributed by atoms with E-state index in [1.165, 1.54) is 0 Å². The van der Waals surface area contributed by atoms with Gasteiger partial charge in [-0.25, -0.2) is 9.97 Å². The number of benzene rings is 1. The lowest BCUT2D eigenvalue weighted by Crippen LogP contribution is -2.28. The predicted octanol–water partition coefficient (Wildman–Crippen LogP) is 3.41. The molecule has 122 valence electrons. The Hall–Kier alpha value is -2.53. The Morgan fingerprint density at radius 2 is 1.79 bits per heavy atom. The van der Waals surface area contributed by atoms with Gasteiger partial charge < -0.3 is 10.4 Å². The summed E-state index contributed by atoms with van der Waals surface area (Å²) in [4.78, 5) is 13.6. The highest BCUT2D eigenvalue weighted by molar-refractivity contribution is 5.90. The summed E-state index contributed by atoms with van der Waals surface area (Å²) < 4.78 is 0. The van der Waals surface area contributed by atoms with Crippen LogP contribution in [0.15, 0.2) is 48.8 Å². The van der Waals surface area contributed by atoms with Crippen molar-refractivity contribution in [3.63, 3.8) is 0 Å². The van der Waals surface area contributed by atoms with Crippen molar-refractivity contribution in [3.8, 4) is 11.4 Å². The first-order valence-corrected chi connectivity index (χ1v) is 8.41. The molecule has 2 N–H and O–H groups in total. The van der Waals surface area contributed by atoms with E-state index in [4.69, 9.17) is 4.98 Å². The predicted molar refractivity (Wildman–Crippen MR) is 94.7 cm³/mol. The molecule has 5 nitrogen and oxygen atoms in total. The maximum atomic E-state index is 9.70. The maximum absolute atomic E-state index is 9.70. The summed E-state index contributed by atoms with van der Waals surface area (Å²) in [6.07, 6.45) is 6.98. The van der Waals surface area contributed by atoms with Gasteiger partial charge >= 0.3 is 0 Å². The zero-order valence-corrected chi connectivity index (χ0v) is 13.4. The van der Waals surface area contributed by atoms with E-state index in [2.05, 4.69) is 15.3 Å². The van der Waals surface area contributed by atoms with Crippen LogP contribution in [0.5, 0.6) is 0 Å². The Labute approximate surface area is 140 Å². The largest absolute Gasteiger partial charge is 0.393 e. The molecule has 4 rings (SSSR count). The molecule has 1 aliphatic rings. The number of nitrogens with zero attached hydrogens (tertiary/aromatic N) is 3. The maximum Gasteiger partial charge on any atom is 0.163 e. The van der Waals surface area contributed by atoms with Gasteiger partial charge in [0.15, 0.2) is 5.82 Å². The minimum absolute atomic E-state index is 0.156. The fraction of sp³-hybridized carbons (Fsp3) is 0.316. The zero-order valence-electron chi connectivity index (χ0n) is 13.4. The Kier molecular flexibility index (Phi) is 4.09. The van der Waals surface area contributed by atoms with Gasteiger partial charge in [-0.2, -0.15) is 0 Å². The number of pyridine rings is 1. The minimum Gasteiger partial charge on any atom is -0.393 e. The summed E-state index contributed by atoms with van der Waals surface area (Å²) in [6.45, 7) is 0. The van der Waals surface area contributed by atoms with Crippen LogP contribution in [0.3, 0.4) is 0 Å². The number of aliphatic hydroxyl groups excluding tert-OH is 1. The standard InChI is InChI=1S/C19H20N4O/c24-15-9-7-14(8-10-15)21-19-16-5-1-2-6-17(16)22-18(23-19)13-4-3-11-20-12-13/h1-6,11-12,14-15,24H,7-10H2,(H,21,22,23)/t14-,15-. The Morgan fingerprint density at radius 1 is 0.958 bits per heavy atom. The van der Waals surface area contributed by atoms with Crippen LogP contribution in [-0.2, 0) is 0 Å². The second kappa shape index (κ2) is 6.53. The van der Waals surface area contributed by atoms with E-state index in [9.17, 15) is 5.11 Å². The molecule has 0 atom stereocenters. The molecule has 24 heavy (non-hydrogen) atoms. The summed E-state index contributed by atoms with van der Waals surface area (Å²) in [5.74, 6) is 1.54. The molecule has 0 bridgehead atoms. The number of rotatable bonds is 3. The van der Waals surface area contributed by atoms with Gasteiger partial charge in [-0.15, -0.1) is 0 Å². The third-order valence-corrected chi connectivity index (χ3v) is 4.56. The number of aliphatic hydroxyl groups is 1. The summed E-state index contributed by atoms with van der Waals surface area (Å²) in [6, 6.07) is 12.2. The van der Waals surface area contributed by atoms with Gasteiger partial charge in [0.2, 0.25) is 0 Å². The molecular weight excluding hydrogens is 300 g/mol. The number of nitrogens with one attached hydrogen (secondary N) is 1. The van der Waals surface area contributed by atoms with Crippen LogP contribution >= 0.6 is 0 Å². The summed E-state index contributed by atoms with van der Waals surface area (Å²) in [5, 5.41) is 14.3. The van der Waals surface area contributed by atoms with Crippen LogP contribution in [-0.4, -0.2) is 32.2 Å². The summed E-state index contributed by atoms with van der Waals surface area (Å²) in [5.41, 5.74) is 1.83. The molecule has 0 amide bonds. The van der Waals surface area contributed by atoms with Gasteiger partial charge in [0.05, 0.1) is 11.6 Å². The molecule has 2 heterocycles. The van der Waals surface area contributed by atoms with Crippen molar-refractivity contribution in [2.45, 2.75) is 37.8 Å². The fourth-order valence-electron chi connectivity index (χ4n) is 3.22.